The van der Waals surface area contributed by atoms with Crippen LogP contribution in [0.1, 0.15) is 5.69 Å². The standard InChI is InChI=1S/C12H7Cl2N3S/c13-8-2-1-7(5-9(8)14)18-12-4-3-10(16)11(6-15)17-12/h1-5H,16H2. The zero-order valence-corrected chi connectivity index (χ0v) is 11.4. The fourth-order valence-corrected chi connectivity index (χ4v) is 2.45. The van der Waals surface area contributed by atoms with E-state index in [9.17, 15) is 0 Å². The predicted molar refractivity (Wildman–Crippen MR) is 73.9 cm³/mol. The number of rotatable bonds is 2. The highest BCUT2D eigenvalue weighted by Gasteiger charge is 2.05. The summed E-state index contributed by atoms with van der Waals surface area (Å²) in [7, 11) is 0. The van der Waals surface area contributed by atoms with Crippen molar-refractivity contribution in [3.63, 3.8) is 0 Å². The molecule has 2 rings (SSSR count). The second-order valence-electron chi connectivity index (χ2n) is 3.38. The molecule has 0 aliphatic rings. The van der Waals surface area contributed by atoms with Crippen molar-refractivity contribution in [2.45, 2.75) is 9.92 Å². The Morgan fingerprint density at radius 1 is 1.17 bits per heavy atom. The maximum absolute atomic E-state index is 8.85. The zero-order chi connectivity index (χ0) is 13.1. The number of hydrogen-bond donors (Lipinski definition) is 1. The predicted octanol–water partition coefficient (Wildman–Crippen LogP) is 3.99. The van der Waals surface area contributed by atoms with Gasteiger partial charge in [-0.05, 0) is 30.3 Å². The molecule has 0 unspecified atom stereocenters. The number of anilines is 1. The van der Waals surface area contributed by atoms with Crippen LogP contribution in [-0.2, 0) is 0 Å². The normalized spacial score (nSPS) is 10.1. The van der Waals surface area contributed by atoms with Gasteiger partial charge in [0.2, 0.25) is 0 Å². The lowest BCUT2D eigenvalue weighted by Crippen LogP contribution is -1.94. The van der Waals surface area contributed by atoms with Gasteiger partial charge in [0, 0.05) is 4.90 Å². The summed E-state index contributed by atoms with van der Waals surface area (Å²) in [4.78, 5) is 5.03. The number of aromatic nitrogens is 1. The lowest BCUT2D eigenvalue weighted by molar-refractivity contribution is 1.11. The number of hydrogen-bond acceptors (Lipinski definition) is 4. The molecule has 0 bridgehead atoms. The van der Waals surface area contributed by atoms with Gasteiger partial charge in [-0.2, -0.15) is 5.26 Å². The lowest BCUT2D eigenvalue weighted by atomic mass is 10.3. The molecular weight excluding hydrogens is 289 g/mol. The molecule has 0 atom stereocenters. The zero-order valence-electron chi connectivity index (χ0n) is 9.02. The monoisotopic (exact) mass is 295 g/mol. The Morgan fingerprint density at radius 3 is 2.61 bits per heavy atom. The van der Waals surface area contributed by atoms with Gasteiger partial charge in [-0.3, -0.25) is 0 Å². The minimum absolute atomic E-state index is 0.222. The molecule has 1 aromatic heterocycles. The Bertz CT molecular complexity index is 638. The fourth-order valence-electron chi connectivity index (χ4n) is 1.26. The van der Waals surface area contributed by atoms with Crippen LogP contribution in [0, 0.1) is 11.3 Å². The van der Waals surface area contributed by atoms with Gasteiger partial charge < -0.3 is 5.73 Å². The Balaban J connectivity index is 2.29. The first kappa shape index (κ1) is 13.0. The Morgan fingerprint density at radius 2 is 1.94 bits per heavy atom. The van der Waals surface area contributed by atoms with Crippen molar-refractivity contribution in [2.75, 3.05) is 5.73 Å². The first-order valence-electron chi connectivity index (χ1n) is 4.89. The molecule has 1 aromatic carbocycles. The summed E-state index contributed by atoms with van der Waals surface area (Å²) < 4.78 is 0. The lowest BCUT2D eigenvalue weighted by Gasteiger charge is -2.04. The van der Waals surface area contributed by atoms with Crippen LogP contribution in [0.4, 0.5) is 5.69 Å². The number of benzene rings is 1. The van der Waals surface area contributed by atoms with Crippen molar-refractivity contribution in [1.82, 2.24) is 4.98 Å². The van der Waals surface area contributed by atoms with Crippen molar-refractivity contribution in [2.24, 2.45) is 0 Å². The van der Waals surface area contributed by atoms with Crippen LogP contribution < -0.4 is 5.73 Å². The van der Waals surface area contributed by atoms with Crippen molar-refractivity contribution < 1.29 is 0 Å². The van der Waals surface area contributed by atoms with Gasteiger partial charge in [-0.1, -0.05) is 35.0 Å². The summed E-state index contributed by atoms with van der Waals surface area (Å²) in [5.41, 5.74) is 6.20. The summed E-state index contributed by atoms with van der Waals surface area (Å²) in [6, 6.07) is 10.7. The average Bonchev–Trinajstić information content (AvgIpc) is 2.36. The number of halogens is 2. The van der Waals surface area contributed by atoms with Gasteiger partial charge in [0.25, 0.3) is 0 Å². The third-order valence-corrected chi connectivity index (χ3v) is 3.79. The molecule has 2 N–H and O–H groups in total. The Hall–Kier alpha value is -1.41. The molecule has 90 valence electrons. The van der Waals surface area contributed by atoms with E-state index in [1.54, 1.807) is 24.3 Å². The molecular formula is C12H7Cl2N3S. The SMILES string of the molecule is N#Cc1nc(Sc2ccc(Cl)c(Cl)c2)ccc1N. The Labute approximate surface area is 119 Å². The van der Waals surface area contributed by atoms with Gasteiger partial charge in [0.15, 0.2) is 5.69 Å². The topological polar surface area (TPSA) is 62.7 Å². The average molecular weight is 296 g/mol. The summed E-state index contributed by atoms with van der Waals surface area (Å²) in [6.45, 7) is 0. The minimum atomic E-state index is 0.222. The highest BCUT2D eigenvalue weighted by Crippen LogP contribution is 2.32. The van der Waals surface area contributed by atoms with Crippen LogP contribution in [0.5, 0.6) is 0 Å². The molecule has 1 heterocycles. The summed E-state index contributed by atoms with van der Waals surface area (Å²) in [6.07, 6.45) is 0. The third-order valence-electron chi connectivity index (χ3n) is 2.12. The van der Waals surface area contributed by atoms with E-state index < -0.39 is 0 Å². The Kier molecular flexibility index (Phi) is 3.97. The van der Waals surface area contributed by atoms with Crippen LogP contribution >= 0.6 is 35.0 Å². The molecule has 0 radical (unpaired) electrons. The number of nitriles is 1. The third kappa shape index (κ3) is 2.88. The second kappa shape index (κ2) is 5.49. The summed E-state index contributed by atoms with van der Waals surface area (Å²) >= 11 is 13.1. The number of nitrogens with two attached hydrogens (primary N) is 1. The second-order valence-corrected chi connectivity index (χ2v) is 5.29. The van der Waals surface area contributed by atoms with Crippen LogP contribution in [0.3, 0.4) is 0 Å². The number of pyridine rings is 1. The first-order valence-corrected chi connectivity index (χ1v) is 6.47. The first-order chi connectivity index (χ1) is 8.60. The van der Waals surface area contributed by atoms with Crippen LogP contribution in [0.25, 0.3) is 0 Å². The highest BCUT2D eigenvalue weighted by atomic mass is 35.5. The van der Waals surface area contributed by atoms with E-state index in [1.807, 2.05) is 12.1 Å². The molecule has 3 nitrogen and oxygen atoms in total. The largest absolute Gasteiger partial charge is 0.396 e. The summed E-state index contributed by atoms with van der Waals surface area (Å²) in [5.74, 6) is 0. The molecule has 0 fully saturated rings. The molecule has 0 aliphatic carbocycles. The van der Waals surface area contributed by atoms with Crippen molar-refractivity contribution in [1.29, 1.82) is 5.26 Å². The van der Waals surface area contributed by atoms with Crippen molar-refractivity contribution >= 4 is 40.7 Å². The fraction of sp³-hybridized carbons (Fsp3) is 0. The van der Waals surface area contributed by atoms with Gasteiger partial charge in [-0.15, -0.1) is 0 Å². The molecule has 0 amide bonds. The van der Waals surface area contributed by atoms with E-state index in [4.69, 9.17) is 34.2 Å². The van der Waals surface area contributed by atoms with E-state index in [0.29, 0.717) is 20.8 Å². The van der Waals surface area contributed by atoms with Crippen LogP contribution in [0.15, 0.2) is 40.3 Å². The van der Waals surface area contributed by atoms with Gasteiger partial charge >= 0.3 is 0 Å². The van der Waals surface area contributed by atoms with Gasteiger partial charge in [-0.25, -0.2) is 4.98 Å². The van der Waals surface area contributed by atoms with Crippen LogP contribution in [0.2, 0.25) is 10.0 Å². The molecule has 18 heavy (non-hydrogen) atoms. The molecule has 0 saturated heterocycles. The quantitative estimate of drug-likeness (QED) is 0.910. The molecule has 0 spiro atoms. The maximum Gasteiger partial charge on any atom is 0.164 e. The highest BCUT2D eigenvalue weighted by molar-refractivity contribution is 7.99. The van der Waals surface area contributed by atoms with E-state index >= 15 is 0 Å². The van der Waals surface area contributed by atoms with E-state index in [2.05, 4.69) is 4.98 Å². The minimum Gasteiger partial charge on any atom is -0.396 e. The van der Waals surface area contributed by atoms with Crippen LogP contribution in [-0.4, -0.2) is 4.98 Å². The molecule has 6 heteroatoms. The molecule has 0 saturated carbocycles. The smallest absolute Gasteiger partial charge is 0.164 e. The van der Waals surface area contributed by atoms with E-state index in [1.165, 1.54) is 11.8 Å². The molecule has 0 aliphatic heterocycles. The number of nitrogens with zero attached hydrogens (tertiary/aromatic N) is 2. The van der Waals surface area contributed by atoms with Crippen molar-refractivity contribution in [3.05, 3.63) is 46.1 Å². The number of nitrogen functional groups attached to an aromatic ring is 1. The molecule has 2 aromatic rings. The van der Waals surface area contributed by atoms with Crippen molar-refractivity contribution in [3.8, 4) is 6.07 Å². The van der Waals surface area contributed by atoms with Gasteiger partial charge in [0.05, 0.1) is 15.7 Å². The van der Waals surface area contributed by atoms with Gasteiger partial charge in [0.1, 0.15) is 11.1 Å². The van der Waals surface area contributed by atoms with E-state index in [0.717, 1.165) is 4.90 Å². The summed E-state index contributed by atoms with van der Waals surface area (Å²) in [5, 5.41) is 10.5. The van der Waals surface area contributed by atoms with E-state index in [-0.39, 0.29) is 5.69 Å². The maximum atomic E-state index is 8.85.